The van der Waals surface area contributed by atoms with Gasteiger partial charge in [-0.15, -0.1) is 11.3 Å². The Bertz CT molecular complexity index is 1220. The first-order chi connectivity index (χ1) is 15.8. The van der Waals surface area contributed by atoms with E-state index in [2.05, 4.69) is 6.07 Å². The molecule has 5 rings (SSSR count). The Kier molecular flexibility index (Phi) is 5.49. The molecule has 1 aliphatic heterocycles. The van der Waals surface area contributed by atoms with Crippen LogP contribution in [0, 0.1) is 22.6 Å². The van der Waals surface area contributed by atoms with Crippen LogP contribution >= 0.6 is 11.3 Å². The van der Waals surface area contributed by atoms with Gasteiger partial charge in [0.1, 0.15) is 16.9 Å². The van der Waals surface area contributed by atoms with Gasteiger partial charge in [-0.3, -0.25) is 14.5 Å². The molecule has 1 amide bonds. The first-order valence-electron chi connectivity index (χ1n) is 11.7. The van der Waals surface area contributed by atoms with Crippen molar-refractivity contribution in [2.75, 3.05) is 4.90 Å². The number of amides is 1. The van der Waals surface area contributed by atoms with E-state index in [9.17, 15) is 19.2 Å². The summed E-state index contributed by atoms with van der Waals surface area (Å²) in [5, 5.41) is 10.8. The Labute approximate surface area is 197 Å². The molecule has 1 aromatic carbocycles. The first kappa shape index (κ1) is 22.0. The summed E-state index contributed by atoms with van der Waals surface area (Å²) in [5.41, 5.74) is 3.59. The number of benzene rings is 1. The highest BCUT2D eigenvalue weighted by Crippen LogP contribution is 2.51. The van der Waals surface area contributed by atoms with E-state index in [0.29, 0.717) is 29.0 Å². The lowest BCUT2D eigenvalue weighted by Crippen LogP contribution is -2.43. The van der Waals surface area contributed by atoms with E-state index >= 15 is 0 Å². The lowest BCUT2D eigenvalue weighted by molar-refractivity contribution is -0.120. The van der Waals surface area contributed by atoms with Gasteiger partial charge in [0.15, 0.2) is 5.78 Å². The minimum atomic E-state index is -0.378. The SMILES string of the molecule is CC1(C)CC(=O)C2=C(C1)N(c1sc3c(c1C#N)CCCCC3)C(=O)C[C@@H]2c1ccc(F)cc1. The molecule has 0 saturated heterocycles. The number of halogens is 1. The third-order valence-electron chi connectivity index (χ3n) is 7.13. The Hall–Kier alpha value is -2.78. The van der Waals surface area contributed by atoms with Gasteiger partial charge in [0, 0.05) is 34.9 Å². The summed E-state index contributed by atoms with van der Waals surface area (Å²) in [6.07, 6.45) is 6.25. The number of aryl methyl sites for hydroxylation is 1. The number of thiophene rings is 1. The van der Waals surface area contributed by atoms with Crippen LogP contribution in [0.4, 0.5) is 9.39 Å². The zero-order valence-electron chi connectivity index (χ0n) is 19.0. The summed E-state index contributed by atoms with van der Waals surface area (Å²) in [7, 11) is 0. The number of carbonyl (C=O) groups is 2. The zero-order valence-corrected chi connectivity index (χ0v) is 19.9. The van der Waals surface area contributed by atoms with E-state index in [1.54, 1.807) is 28.4 Å². The number of rotatable bonds is 2. The fourth-order valence-electron chi connectivity index (χ4n) is 5.63. The van der Waals surface area contributed by atoms with Crippen LogP contribution < -0.4 is 4.90 Å². The fraction of sp³-hybridized carbons (Fsp3) is 0.444. The van der Waals surface area contributed by atoms with Crippen LogP contribution in [0.1, 0.15) is 79.9 Å². The molecule has 33 heavy (non-hydrogen) atoms. The second-order valence-electron chi connectivity index (χ2n) is 10.2. The molecule has 6 heteroatoms. The van der Waals surface area contributed by atoms with Crippen LogP contribution in [0.3, 0.4) is 0 Å². The number of nitrogens with zero attached hydrogens (tertiary/aromatic N) is 2. The quantitative estimate of drug-likeness (QED) is 0.500. The van der Waals surface area contributed by atoms with Gasteiger partial charge in [-0.05, 0) is 60.8 Å². The van der Waals surface area contributed by atoms with E-state index in [1.165, 1.54) is 17.0 Å². The van der Waals surface area contributed by atoms with Crippen LogP contribution in [0.25, 0.3) is 0 Å². The summed E-state index contributed by atoms with van der Waals surface area (Å²) in [6.45, 7) is 4.10. The minimum absolute atomic E-state index is 0.0460. The molecule has 1 atom stereocenters. The number of ketones is 1. The molecule has 1 aromatic heterocycles. The highest BCUT2D eigenvalue weighted by Gasteiger charge is 2.45. The third kappa shape index (κ3) is 3.83. The standard InChI is InChI=1S/C27H27FN2O2S/c1-27(2)13-21-25(22(31)14-27)19(16-8-10-17(28)11-9-16)12-24(32)30(21)26-20(15-29)18-6-4-3-5-7-23(18)33-26/h8-11,19H,3-7,12-14H2,1-2H3/t19-/m1/s1. The monoisotopic (exact) mass is 462 g/mol. The number of Topliss-reactive ketones (excluding diaryl/α,β-unsaturated/α-hetero) is 1. The van der Waals surface area contributed by atoms with Crippen molar-refractivity contribution in [1.82, 2.24) is 0 Å². The third-order valence-corrected chi connectivity index (χ3v) is 8.41. The van der Waals surface area contributed by atoms with Gasteiger partial charge in [0.25, 0.3) is 0 Å². The van der Waals surface area contributed by atoms with Crippen molar-refractivity contribution in [1.29, 1.82) is 5.26 Å². The predicted octanol–water partition coefficient (Wildman–Crippen LogP) is 6.19. The Morgan fingerprint density at radius 3 is 2.55 bits per heavy atom. The molecule has 4 nitrogen and oxygen atoms in total. The number of fused-ring (bicyclic) bond motifs is 1. The smallest absolute Gasteiger partial charge is 0.232 e. The minimum Gasteiger partial charge on any atom is -0.294 e. The highest BCUT2D eigenvalue weighted by molar-refractivity contribution is 7.16. The number of anilines is 1. The van der Waals surface area contributed by atoms with Crippen molar-refractivity contribution in [3.63, 3.8) is 0 Å². The Balaban J connectivity index is 1.69. The van der Waals surface area contributed by atoms with Crippen molar-refractivity contribution in [2.24, 2.45) is 5.41 Å². The summed E-state index contributed by atoms with van der Waals surface area (Å²) >= 11 is 1.55. The molecule has 0 saturated carbocycles. The fourth-order valence-corrected chi connectivity index (χ4v) is 7.01. The van der Waals surface area contributed by atoms with E-state index in [4.69, 9.17) is 0 Å². The Morgan fingerprint density at radius 1 is 1.09 bits per heavy atom. The maximum absolute atomic E-state index is 13.7. The molecule has 2 aromatic rings. The summed E-state index contributed by atoms with van der Waals surface area (Å²) in [5.74, 6) is -0.769. The number of allylic oxidation sites excluding steroid dienone is 2. The average Bonchev–Trinajstić information content (AvgIpc) is 2.92. The van der Waals surface area contributed by atoms with Crippen LogP contribution in [0.15, 0.2) is 35.5 Å². The largest absolute Gasteiger partial charge is 0.294 e. The van der Waals surface area contributed by atoms with E-state index in [-0.39, 0.29) is 35.3 Å². The first-order valence-corrected chi connectivity index (χ1v) is 12.5. The van der Waals surface area contributed by atoms with Crippen LogP contribution in [0.5, 0.6) is 0 Å². The summed E-state index contributed by atoms with van der Waals surface area (Å²) in [6, 6.07) is 8.51. The van der Waals surface area contributed by atoms with Crippen molar-refractivity contribution in [2.45, 2.75) is 71.1 Å². The molecule has 0 bridgehead atoms. The zero-order chi connectivity index (χ0) is 23.3. The van der Waals surface area contributed by atoms with Crippen LogP contribution in [0.2, 0.25) is 0 Å². The van der Waals surface area contributed by atoms with Crippen LogP contribution in [-0.2, 0) is 22.4 Å². The second-order valence-corrected chi connectivity index (χ2v) is 11.3. The number of carbonyl (C=O) groups excluding carboxylic acids is 2. The average molecular weight is 463 g/mol. The van der Waals surface area contributed by atoms with Crippen molar-refractivity contribution >= 4 is 28.0 Å². The lowest BCUT2D eigenvalue weighted by atomic mass is 9.69. The predicted molar refractivity (Wildman–Crippen MR) is 127 cm³/mol. The van der Waals surface area contributed by atoms with Crippen molar-refractivity contribution in [3.8, 4) is 6.07 Å². The van der Waals surface area contributed by atoms with Gasteiger partial charge >= 0.3 is 0 Å². The molecule has 170 valence electrons. The van der Waals surface area contributed by atoms with Gasteiger partial charge in [0.2, 0.25) is 5.91 Å². The molecule has 0 fully saturated rings. The van der Waals surface area contributed by atoms with Crippen molar-refractivity contribution < 1.29 is 14.0 Å². The van der Waals surface area contributed by atoms with Crippen molar-refractivity contribution in [3.05, 3.63) is 62.9 Å². The van der Waals surface area contributed by atoms with Crippen LogP contribution in [-0.4, -0.2) is 11.7 Å². The maximum Gasteiger partial charge on any atom is 0.232 e. The summed E-state index contributed by atoms with van der Waals surface area (Å²) < 4.78 is 13.6. The molecule has 2 aliphatic carbocycles. The topological polar surface area (TPSA) is 61.2 Å². The van der Waals surface area contributed by atoms with Gasteiger partial charge in [-0.1, -0.05) is 32.4 Å². The lowest BCUT2D eigenvalue weighted by Gasteiger charge is -2.42. The van der Waals surface area contributed by atoms with E-state index < -0.39 is 0 Å². The number of nitriles is 1. The number of hydrogen-bond donors (Lipinski definition) is 0. The normalized spacial score (nSPS) is 22.5. The molecule has 0 spiro atoms. The summed E-state index contributed by atoms with van der Waals surface area (Å²) in [4.78, 5) is 30.0. The molecule has 0 radical (unpaired) electrons. The van der Waals surface area contributed by atoms with Gasteiger partial charge < -0.3 is 0 Å². The molecule has 0 N–H and O–H groups in total. The molecular formula is C27H27FN2O2S. The molecule has 3 aliphatic rings. The van der Waals surface area contributed by atoms with E-state index in [1.807, 2.05) is 13.8 Å². The maximum atomic E-state index is 13.7. The highest BCUT2D eigenvalue weighted by atomic mass is 32.1. The van der Waals surface area contributed by atoms with Gasteiger partial charge in [0.05, 0.1) is 5.56 Å². The molecule has 2 heterocycles. The van der Waals surface area contributed by atoms with Gasteiger partial charge in [-0.2, -0.15) is 5.26 Å². The van der Waals surface area contributed by atoms with E-state index in [0.717, 1.165) is 48.9 Å². The Morgan fingerprint density at radius 2 is 1.82 bits per heavy atom. The molecule has 0 unspecified atom stereocenters. The second kappa shape index (κ2) is 8.22. The van der Waals surface area contributed by atoms with Gasteiger partial charge in [-0.25, -0.2) is 4.39 Å². The molecular weight excluding hydrogens is 435 g/mol. The number of hydrogen-bond acceptors (Lipinski definition) is 4.